The van der Waals surface area contributed by atoms with Gasteiger partial charge in [0.1, 0.15) is 0 Å². The van der Waals surface area contributed by atoms with Crippen LogP contribution in [-0.2, 0) is 16.1 Å². The van der Waals surface area contributed by atoms with E-state index in [0.717, 1.165) is 30.3 Å². The fourth-order valence-corrected chi connectivity index (χ4v) is 4.26. The number of nitrogens with one attached hydrogen (secondary N) is 1. The largest absolute Gasteiger partial charge is 0.378 e. The molecule has 0 atom stereocenters. The monoisotopic (exact) mass is 457 g/mol. The van der Waals surface area contributed by atoms with Gasteiger partial charge in [-0.15, -0.1) is 10.2 Å². The molecular formula is C22H24ClN5O2S. The molecule has 1 fully saturated rings. The first-order valence-electron chi connectivity index (χ1n) is 10.1. The van der Waals surface area contributed by atoms with Crippen LogP contribution in [0.1, 0.15) is 11.1 Å². The first-order chi connectivity index (χ1) is 15.1. The molecule has 2 heterocycles. The number of anilines is 1. The van der Waals surface area contributed by atoms with Crippen molar-refractivity contribution in [2.45, 2.75) is 18.6 Å². The van der Waals surface area contributed by atoms with E-state index in [-0.39, 0.29) is 11.7 Å². The summed E-state index contributed by atoms with van der Waals surface area (Å²) in [5, 5.41) is 13.1. The van der Waals surface area contributed by atoms with Gasteiger partial charge in [-0.25, -0.2) is 0 Å². The van der Waals surface area contributed by atoms with E-state index < -0.39 is 0 Å². The molecule has 3 aromatic rings. The Bertz CT molecular complexity index is 1030. The maximum Gasteiger partial charge on any atom is 0.232 e. The summed E-state index contributed by atoms with van der Waals surface area (Å²) in [6.07, 6.45) is 0. The molecule has 0 radical (unpaired) electrons. The molecular weight excluding hydrogens is 434 g/mol. The molecule has 162 valence electrons. The Labute approximate surface area is 190 Å². The summed E-state index contributed by atoms with van der Waals surface area (Å²) >= 11 is 7.38. The van der Waals surface area contributed by atoms with Crippen LogP contribution in [0.2, 0.25) is 5.02 Å². The van der Waals surface area contributed by atoms with E-state index in [9.17, 15) is 4.79 Å². The van der Waals surface area contributed by atoms with Gasteiger partial charge in [0.2, 0.25) is 11.9 Å². The average Bonchev–Trinajstić information content (AvgIpc) is 3.21. The second kappa shape index (κ2) is 10.2. The number of benzene rings is 2. The van der Waals surface area contributed by atoms with Crippen LogP contribution in [0, 0.1) is 6.92 Å². The van der Waals surface area contributed by atoms with E-state index in [2.05, 4.69) is 39.5 Å². The van der Waals surface area contributed by atoms with Crippen molar-refractivity contribution < 1.29 is 9.53 Å². The number of carbonyl (C=O) groups excluding carboxylic acids is 1. The van der Waals surface area contributed by atoms with E-state index in [4.69, 9.17) is 16.3 Å². The van der Waals surface area contributed by atoms with Crippen molar-refractivity contribution in [3.05, 3.63) is 64.7 Å². The average molecular weight is 458 g/mol. The topological polar surface area (TPSA) is 72.3 Å². The molecule has 0 saturated carbocycles. The lowest BCUT2D eigenvalue weighted by molar-refractivity contribution is -0.118. The number of hydrogen-bond acceptors (Lipinski definition) is 6. The van der Waals surface area contributed by atoms with E-state index in [1.54, 1.807) is 0 Å². The van der Waals surface area contributed by atoms with Crippen molar-refractivity contribution in [3.8, 4) is 5.69 Å². The molecule has 0 bridgehead atoms. The van der Waals surface area contributed by atoms with Crippen molar-refractivity contribution in [2.24, 2.45) is 0 Å². The second-order valence-electron chi connectivity index (χ2n) is 7.25. The standard InChI is InChI=1S/C22H24ClN5O2S/c1-16-5-7-19(8-6-16)28-21(27-9-11-30-12-10-27)25-26-22(28)31-15-20(29)24-14-17-3-2-4-18(23)13-17/h2-8,13H,9-12,14-15H2,1H3,(H,24,29). The highest BCUT2D eigenvalue weighted by atomic mass is 35.5. The van der Waals surface area contributed by atoms with Gasteiger partial charge < -0.3 is 15.0 Å². The van der Waals surface area contributed by atoms with Crippen LogP contribution < -0.4 is 10.2 Å². The van der Waals surface area contributed by atoms with Crippen LogP contribution in [-0.4, -0.2) is 52.7 Å². The minimum Gasteiger partial charge on any atom is -0.378 e. The minimum absolute atomic E-state index is 0.0728. The number of aryl methyl sites for hydroxylation is 1. The predicted molar refractivity (Wildman–Crippen MR) is 123 cm³/mol. The highest BCUT2D eigenvalue weighted by Gasteiger charge is 2.22. The lowest BCUT2D eigenvalue weighted by Crippen LogP contribution is -2.37. The van der Waals surface area contributed by atoms with Crippen LogP contribution in [0.3, 0.4) is 0 Å². The van der Waals surface area contributed by atoms with E-state index in [0.29, 0.717) is 29.9 Å². The number of nitrogens with zero attached hydrogens (tertiary/aromatic N) is 4. The third kappa shape index (κ3) is 5.58. The highest BCUT2D eigenvalue weighted by Crippen LogP contribution is 2.27. The number of thioether (sulfide) groups is 1. The Kier molecular flexibility index (Phi) is 7.11. The number of halogens is 1. The van der Waals surface area contributed by atoms with Crippen LogP contribution in [0.15, 0.2) is 53.7 Å². The fourth-order valence-electron chi connectivity index (χ4n) is 3.27. The van der Waals surface area contributed by atoms with Crippen LogP contribution in [0.5, 0.6) is 0 Å². The Balaban J connectivity index is 1.47. The number of rotatable bonds is 7. The smallest absolute Gasteiger partial charge is 0.232 e. The van der Waals surface area contributed by atoms with Gasteiger partial charge >= 0.3 is 0 Å². The molecule has 7 nitrogen and oxygen atoms in total. The summed E-state index contributed by atoms with van der Waals surface area (Å²) in [4.78, 5) is 14.6. The second-order valence-corrected chi connectivity index (χ2v) is 8.63. The molecule has 1 aliphatic heterocycles. The number of morpholine rings is 1. The molecule has 1 amide bonds. The highest BCUT2D eigenvalue weighted by molar-refractivity contribution is 7.99. The molecule has 1 saturated heterocycles. The number of amides is 1. The predicted octanol–water partition coefficient (Wildman–Crippen LogP) is 3.47. The van der Waals surface area contributed by atoms with E-state index >= 15 is 0 Å². The summed E-state index contributed by atoms with van der Waals surface area (Å²) in [6.45, 7) is 5.33. The van der Waals surface area contributed by atoms with Crippen LogP contribution in [0.25, 0.3) is 5.69 Å². The van der Waals surface area contributed by atoms with Gasteiger partial charge in [-0.2, -0.15) is 0 Å². The van der Waals surface area contributed by atoms with Crippen molar-refractivity contribution in [3.63, 3.8) is 0 Å². The molecule has 2 aromatic carbocycles. The summed E-state index contributed by atoms with van der Waals surface area (Å²) in [5.74, 6) is 0.943. The van der Waals surface area contributed by atoms with Gasteiger partial charge in [0.15, 0.2) is 5.16 Å². The van der Waals surface area contributed by atoms with Crippen LogP contribution in [0.4, 0.5) is 5.95 Å². The third-order valence-corrected chi connectivity index (χ3v) is 6.08. The summed E-state index contributed by atoms with van der Waals surface area (Å²) in [6, 6.07) is 15.7. The van der Waals surface area contributed by atoms with Gasteiger partial charge in [0, 0.05) is 24.7 Å². The Hall–Kier alpha value is -2.55. The molecule has 1 aliphatic rings. The SMILES string of the molecule is Cc1ccc(-n2c(SCC(=O)NCc3cccc(Cl)c3)nnc2N2CCOCC2)cc1. The third-order valence-electron chi connectivity index (χ3n) is 4.91. The first kappa shape index (κ1) is 21.7. The molecule has 0 spiro atoms. The van der Waals surface area contributed by atoms with E-state index in [1.807, 2.05) is 41.0 Å². The zero-order valence-electron chi connectivity index (χ0n) is 17.3. The number of ether oxygens (including phenoxy) is 1. The summed E-state index contributed by atoms with van der Waals surface area (Å²) in [7, 11) is 0. The quantitative estimate of drug-likeness (QED) is 0.548. The lowest BCUT2D eigenvalue weighted by Gasteiger charge is -2.27. The number of hydrogen-bond donors (Lipinski definition) is 1. The molecule has 0 aliphatic carbocycles. The van der Waals surface area contributed by atoms with Gasteiger partial charge in [-0.05, 0) is 36.8 Å². The molecule has 9 heteroatoms. The normalized spacial score (nSPS) is 13.9. The van der Waals surface area contributed by atoms with Gasteiger partial charge in [0.25, 0.3) is 0 Å². The van der Waals surface area contributed by atoms with Crippen molar-refractivity contribution >= 4 is 35.2 Å². The van der Waals surface area contributed by atoms with Gasteiger partial charge in [-0.1, -0.05) is 53.2 Å². The summed E-state index contributed by atoms with van der Waals surface area (Å²) < 4.78 is 7.49. The maximum atomic E-state index is 12.4. The molecule has 1 N–H and O–H groups in total. The molecule has 4 rings (SSSR count). The van der Waals surface area contributed by atoms with Crippen molar-refractivity contribution in [1.29, 1.82) is 0 Å². The van der Waals surface area contributed by atoms with E-state index in [1.165, 1.54) is 17.3 Å². The Morgan fingerprint density at radius 2 is 1.94 bits per heavy atom. The maximum absolute atomic E-state index is 12.4. The summed E-state index contributed by atoms with van der Waals surface area (Å²) in [5.41, 5.74) is 3.11. The Morgan fingerprint density at radius 3 is 2.68 bits per heavy atom. The first-order valence-corrected chi connectivity index (χ1v) is 11.5. The van der Waals surface area contributed by atoms with Crippen molar-refractivity contribution in [1.82, 2.24) is 20.1 Å². The zero-order valence-corrected chi connectivity index (χ0v) is 18.8. The molecule has 31 heavy (non-hydrogen) atoms. The zero-order chi connectivity index (χ0) is 21.6. The number of carbonyl (C=O) groups is 1. The van der Waals surface area contributed by atoms with Gasteiger partial charge in [0.05, 0.1) is 24.7 Å². The fraction of sp³-hybridized carbons (Fsp3) is 0.318. The van der Waals surface area contributed by atoms with Crippen LogP contribution >= 0.6 is 23.4 Å². The minimum atomic E-state index is -0.0728. The molecule has 0 unspecified atom stereocenters. The van der Waals surface area contributed by atoms with Gasteiger partial charge in [-0.3, -0.25) is 9.36 Å². The number of aromatic nitrogens is 3. The van der Waals surface area contributed by atoms with Crippen molar-refractivity contribution in [2.75, 3.05) is 37.0 Å². The lowest BCUT2D eigenvalue weighted by atomic mass is 10.2. The molecule has 1 aromatic heterocycles. The Morgan fingerprint density at radius 1 is 1.16 bits per heavy atom.